The molecule has 2 N–H and O–H groups in total. The lowest BCUT2D eigenvalue weighted by atomic mass is 9.78. The van der Waals surface area contributed by atoms with Crippen LogP contribution in [0, 0.1) is 27.7 Å². The van der Waals surface area contributed by atoms with E-state index in [4.69, 9.17) is 9.97 Å². The Bertz CT molecular complexity index is 3370. The number of nitrogens with one attached hydrogen (secondary N) is 2. The number of benzene rings is 3. The van der Waals surface area contributed by atoms with Gasteiger partial charge in [0.2, 0.25) is 0 Å². The van der Waals surface area contributed by atoms with Gasteiger partial charge in [0.25, 0.3) is 0 Å². The van der Waals surface area contributed by atoms with Gasteiger partial charge in [0.05, 0.1) is 39.3 Å². The fraction of sp³-hybridized carbons (Fsp3) is 0.457. The molecule has 0 saturated carbocycles. The third kappa shape index (κ3) is 9.73. The van der Waals surface area contributed by atoms with E-state index in [0.717, 1.165) is 61.5 Å². The fourth-order valence-corrected chi connectivity index (χ4v) is 10.7. The van der Waals surface area contributed by atoms with Gasteiger partial charge in [-0.05, 0) is 189 Å². The van der Waals surface area contributed by atoms with E-state index in [9.17, 15) is 0 Å². The molecule has 0 unspecified atom stereocenters. The van der Waals surface area contributed by atoms with E-state index in [0.29, 0.717) is 0 Å². The first-order valence-electron chi connectivity index (χ1n) is 27.4. The molecular formula is C70H90N4. The molecule has 390 valence electrons. The maximum atomic E-state index is 6.08. The van der Waals surface area contributed by atoms with E-state index in [-0.39, 0.29) is 32.5 Å². The van der Waals surface area contributed by atoms with E-state index in [1.165, 1.54) is 94.6 Å². The minimum absolute atomic E-state index is 0.0800. The Morgan fingerprint density at radius 2 is 0.541 bits per heavy atom. The van der Waals surface area contributed by atoms with Crippen molar-refractivity contribution in [3.63, 3.8) is 0 Å². The second-order valence-electron chi connectivity index (χ2n) is 28.6. The molecule has 0 fully saturated rings. The Morgan fingerprint density at radius 1 is 0.284 bits per heavy atom. The summed E-state index contributed by atoms with van der Waals surface area (Å²) >= 11 is 0. The Kier molecular flexibility index (Phi) is 13.2. The van der Waals surface area contributed by atoms with E-state index < -0.39 is 0 Å². The number of aromatic amines is 2. The molecular weight excluding hydrogens is 897 g/mol. The fourth-order valence-electron chi connectivity index (χ4n) is 10.7. The van der Waals surface area contributed by atoms with Crippen molar-refractivity contribution in [2.75, 3.05) is 0 Å². The van der Waals surface area contributed by atoms with Gasteiger partial charge in [-0.15, -0.1) is 0 Å². The highest BCUT2D eigenvalue weighted by Gasteiger charge is 2.31. The number of H-pyrrole nitrogens is 2. The van der Waals surface area contributed by atoms with Gasteiger partial charge in [0.15, 0.2) is 0 Å². The average molecular weight is 988 g/mol. The first-order valence-corrected chi connectivity index (χ1v) is 27.4. The molecule has 74 heavy (non-hydrogen) atoms. The van der Waals surface area contributed by atoms with Crippen molar-refractivity contribution in [2.24, 2.45) is 0 Å². The summed E-state index contributed by atoms with van der Waals surface area (Å²) in [6.45, 7) is 60.4. The Morgan fingerprint density at radius 3 is 0.838 bits per heavy atom. The second-order valence-corrected chi connectivity index (χ2v) is 28.6. The molecule has 0 radical (unpaired) electrons. The van der Waals surface area contributed by atoms with Crippen molar-refractivity contribution in [1.82, 2.24) is 19.9 Å². The lowest BCUT2D eigenvalue weighted by Gasteiger charge is -2.26. The van der Waals surface area contributed by atoms with Gasteiger partial charge in [-0.25, -0.2) is 9.97 Å². The number of hydrogen-bond acceptors (Lipinski definition) is 2. The first kappa shape index (κ1) is 54.5. The van der Waals surface area contributed by atoms with Crippen molar-refractivity contribution >= 4 is 44.4 Å². The van der Waals surface area contributed by atoms with E-state index in [1.807, 2.05) is 0 Å². The van der Waals surface area contributed by atoms with Crippen LogP contribution in [0.4, 0.5) is 0 Å². The van der Waals surface area contributed by atoms with Crippen LogP contribution < -0.4 is 0 Å². The van der Waals surface area contributed by atoms with Gasteiger partial charge < -0.3 is 9.97 Å². The summed E-state index contributed by atoms with van der Waals surface area (Å²) in [5.74, 6) is 0. The molecule has 6 aromatic rings. The molecule has 0 amide bonds. The largest absolute Gasteiger partial charge is 0.354 e. The molecule has 4 heteroatoms. The van der Waals surface area contributed by atoms with Crippen LogP contribution in [0.2, 0.25) is 0 Å². The Balaban J connectivity index is 1.74. The van der Waals surface area contributed by atoms with Crippen LogP contribution in [0.3, 0.4) is 0 Å². The number of allylic oxidation sites excluding steroid dienone is 4. The quantitative estimate of drug-likeness (QED) is 0.186. The summed E-state index contributed by atoms with van der Waals surface area (Å²) in [4.78, 5) is 20.2. The van der Waals surface area contributed by atoms with Crippen LogP contribution >= 0.6 is 0 Å². The lowest BCUT2D eigenvalue weighted by Crippen LogP contribution is -2.16. The zero-order chi connectivity index (χ0) is 55.1. The summed E-state index contributed by atoms with van der Waals surface area (Å²) in [6.07, 6.45) is 0. The first-order chi connectivity index (χ1) is 33.8. The molecule has 3 aromatic carbocycles. The normalized spacial score (nSPS) is 14.2. The number of hydrogen-bond donors (Lipinski definition) is 2. The lowest BCUT2D eigenvalue weighted by molar-refractivity contribution is 0.568. The maximum Gasteiger partial charge on any atom is 0.0769 e. The minimum atomic E-state index is -0.0991. The third-order valence-corrected chi connectivity index (χ3v) is 16.8. The highest BCUT2D eigenvalue weighted by atomic mass is 14.8. The van der Waals surface area contributed by atoms with Crippen molar-refractivity contribution in [3.8, 4) is 33.4 Å². The molecule has 3 aromatic heterocycles. The van der Waals surface area contributed by atoms with Gasteiger partial charge >= 0.3 is 0 Å². The number of aryl methyl sites for hydroxylation is 4. The van der Waals surface area contributed by atoms with Crippen LogP contribution in [-0.2, 0) is 32.5 Å². The topological polar surface area (TPSA) is 57.4 Å². The van der Waals surface area contributed by atoms with Crippen molar-refractivity contribution in [2.45, 2.75) is 213 Å². The third-order valence-electron chi connectivity index (χ3n) is 16.8. The molecule has 0 aliphatic carbocycles. The highest BCUT2D eigenvalue weighted by Crippen LogP contribution is 2.48. The standard InChI is InChI=1S/C70H90N4/c1-37-39(3)59-56(45-27-48(65(9,10)11)33-49(28-45)66(12,13)14)61-41(5)43(7)63(73-61)58(47-31-52(69(21,22)23)35-53(32-47)70(24,25)26)64-44(8)42(6)62(74-64)57(60-40(4)38(2)55(72-60)36-54(37)71-59)46-29-50(67(15,16)17)34-51(30-46)68(18,19)20/h27-36,71,74H,1-26H3. The molecule has 8 rings (SSSR count). The smallest absolute Gasteiger partial charge is 0.0769 e. The molecule has 2 aliphatic heterocycles. The van der Waals surface area contributed by atoms with Crippen molar-refractivity contribution < 1.29 is 0 Å². The SMILES string of the molecule is CC1=C(C)c2nc1cc1[nH]c(c(C)c1C)c(-c1cc(C(C)(C)C)cc(C(C)(C)C)c1)c1nc(c(-c3cc(C(C)(C)C)cc(C(C)(C)C)c3)c3[nH]c(c(C)c3C)c2-c2cc(C(C)(C)C)cc(C(C)(C)C)c2)C(C)=C1C. The van der Waals surface area contributed by atoms with E-state index in [2.05, 4.69) is 251 Å². The highest BCUT2D eigenvalue weighted by molar-refractivity contribution is 6.06. The van der Waals surface area contributed by atoms with E-state index in [1.54, 1.807) is 0 Å². The molecule has 8 bridgehead atoms. The Labute approximate surface area is 447 Å². The van der Waals surface area contributed by atoms with Crippen molar-refractivity contribution in [3.05, 3.63) is 139 Å². The zero-order valence-corrected chi connectivity index (χ0v) is 50.7. The minimum Gasteiger partial charge on any atom is -0.354 e. The number of nitrogens with zero attached hydrogens (tertiary/aromatic N) is 2. The summed E-state index contributed by atoms with van der Waals surface area (Å²) in [5.41, 5.74) is 32.2. The summed E-state index contributed by atoms with van der Waals surface area (Å²) in [6, 6.07) is 24.3. The predicted molar refractivity (Wildman–Crippen MR) is 325 cm³/mol. The van der Waals surface area contributed by atoms with Gasteiger partial charge in [-0.1, -0.05) is 179 Å². The van der Waals surface area contributed by atoms with Gasteiger partial charge in [0, 0.05) is 22.2 Å². The second kappa shape index (κ2) is 18.0. The van der Waals surface area contributed by atoms with Crippen LogP contribution in [0.5, 0.6) is 0 Å². The monoisotopic (exact) mass is 987 g/mol. The number of fused-ring (bicyclic) bond motifs is 8. The zero-order valence-electron chi connectivity index (χ0n) is 50.7. The summed E-state index contributed by atoms with van der Waals surface area (Å²) in [5, 5.41) is 0. The molecule has 0 spiro atoms. The molecule has 5 heterocycles. The van der Waals surface area contributed by atoms with Crippen molar-refractivity contribution in [1.29, 1.82) is 0 Å². The van der Waals surface area contributed by atoms with Gasteiger partial charge in [-0.3, -0.25) is 0 Å². The van der Waals surface area contributed by atoms with Crippen LogP contribution in [0.1, 0.15) is 231 Å². The van der Waals surface area contributed by atoms with Crippen LogP contribution in [0.25, 0.3) is 77.7 Å². The molecule has 4 nitrogen and oxygen atoms in total. The predicted octanol–water partition coefficient (Wildman–Crippen LogP) is 20.2. The Hall–Kier alpha value is -5.74. The summed E-state index contributed by atoms with van der Waals surface area (Å²) in [7, 11) is 0. The van der Waals surface area contributed by atoms with Gasteiger partial charge in [0.1, 0.15) is 0 Å². The van der Waals surface area contributed by atoms with E-state index >= 15 is 0 Å². The average Bonchev–Trinajstić information content (AvgIpc) is 3.92. The molecule has 2 aliphatic rings. The summed E-state index contributed by atoms with van der Waals surface area (Å²) < 4.78 is 0. The molecule has 0 saturated heterocycles. The van der Waals surface area contributed by atoms with Crippen LogP contribution in [0.15, 0.2) is 60.7 Å². The molecule has 0 atom stereocenters. The maximum absolute atomic E-state index is 6.08. The number of aromatic nitrogens is 4. The number of rotatable bonds is 3. The van der Waals surface area contributed by atoms with Crippen LogP contribution in [-0.4, -0.2) is 19.9 Å². The van der Waals surface area contributed by atoms with Gasteiger partial charge in [-0.2, -0.15) is 0 Å².